The third-order valence-corrected chi connectivity index (χ3v) is 8.53. The molecule has 11 nitrogen and oxygen atoms in total. The first-order valence-electron chi connectivity index (χ1n) is 13.6. The number of carbonyl (C=O) groups is 1. The van der Waals surface area contributed by atoms with Gasteiger partial charge >= 0.3 is 5.69 Å². The van der Waals surface area contributed by atoms with Crippen molar-refractivity contribution in [3.8, 4) is 34.3 Å². The Hall–Kier alpha value is -4.57. The van der Waals surface area contributed by atoms with Crippen LogP contribution in [-0.4, -0.2) is 70.2 Å². The normalized spacial score (nSPS) is 15.9. The van der Waals surface area contributed by atoms with Gasteiger partial charge < -0.3 is 24.0 Å². The minimum absolute atomic E-state index is 0.0954. The van der Waals surface area contributed by atoms with E-state index in [0.29, 0.717) is 58.5 Å². The van der Waals surface area contributed by atoms with Crippen LogP contribution in [0.5, 0.6) is 17.5 Å². The molecular weight excluding hydrogens is 574 g/mol. The lowest BCUT2D eigenvalue weighted by molar-refractivity contribution is -0.126. The predicted octanol–water partition coefficient (Wildman–Crippen LogP) is 2.92. The molecular formula is C30H30FN6O5P. The number of hydrogen-bond acceptors (Lipinski definition) is 9. The molecule has 6 rings (SSSR count). The molecule has 0 N–H and O–H groups in total. The van der Waals surface area contributed by atoms with Crippen molar-refractivity contribution < 1.29 is 23.4 Å². The molecule has 4 heterocycles. The first-order chi connectivity index (χ1) is 20.7. The highest BCUT2D eigenvalue weighted by Gasteiger charge is 2.34. The number of nitrogens with zero attached hydrogens (tertiary/aromatic N) is 6. The Morgan fingerprint density at radius 3 is 2.56 bits per heavy atom. The van der Waals surface area contributed by atoms with Gasteiger partial charge in [0.05, 0.1) is 14.2 Å². The van der Waals surface area contributed by atoms with Gasteiger partial charge in [-0.25, -0.2) is 13.8 Å². The van der Waals surface area contributed by atoms with Crippen LogP contribution in [0.4, 0.5) is 10.2 Å². The molecule has 1 amide bonds. The monoisotopic (exact) mass is 604 g/mol. The van der Waals surface area contributed by atoms with Gasteiger partial charge in [0.2, 0.25) is 17.7 Å². The van der Waals surface area contributed by atoms with Crippen molar-refractivity contribution in [3.63, 3.8) is 0 Å². The first-order valence-corrected chi connectivity index (χ1v) is 14.2. The zero-order valence-electron chi connectivity index (χ0n) is 24.2. The van der Waals surface area contributed by atoms with Crippen LogP contribution in [-0.2, 0) is 11.4 Å². The number of benzene rings is 2. The molecule has 2 aromatic carbocycles. The molecule has 2 aliphatic rings. The summed E-state index contributed by atoms with van der Waals surface area (Å²) in [6, 6.07) is 4.88. The highest BCUT2D eigenvalue weighted by atomic mass is 31.0. The second-order valence-electron chi connectivity index (χ2n) is 10.4. The van der Waals surface area contributed by atoms with E-state index in [4.69, 9.17) is 14.2 Å². The molecule has 2 aromatic heterocycles. The topological polar surface area (TPSA) is 112 Å². The van der Waals surface area contributed by atoms with Gasteiger partial charge in [-0.15, -0.1) is 9.24 Å². The Labute approximate surface area is 249 Å². The Morgan fingerprint density at radius 1 is 1.19 bits per heavy atom. The predicted molar refractivity (Wildman–Crippen MR) is 163 cm³/mol. The molecule has 0 radical (unpaired) electrons. The fourth-order valence-corrected chi connectivity index (χ4v) is 6.41. The quantitative estimate of drug-likeness (QED) is 0.251. The minimum Gasteiger partial charge on any atom is -0.486 e. The molecule has 0 spiro atoms. The standard InChI is InChI=1S/C30H30FN6O5P/c1-6-20(38)35-9-10-36(16(3)12-35)27-18-11-15(2)21-22-17(7-8-19(31)26(22)43)13-42-25(21)23(18)37(30(39)34-27)24-28(40-4)32-14-33-29(24)41-5/h6-8,11,14,16H,1,9-10,12-13,43H2,2-5H3/t16-/m0/s1. The third kappa shape index (κ3) is 4.48. The number of aromatic nitrogens is 4. The van der Waals surface area contributed by atoms with Crippen molar-refractivity contribution in [2.24, 2.45) is 0 Å². The summed E-state index contributed by atoms with van der Waals surface area (Å²) in [6.07, 6.45) is 2.57. The minimum atomic E-state index is -0.642. The molecule has 0 saturated carbocycles. The van der Waals surface area contributed by atoms with E-state index in [1.807, 2.05) is 24.8 Å². The summed E-state index contributed by atoms with van der Waals surface area (Å²) in [4.78, 5) is 43.3. The van der Waals surface area contributed by atoms with E-state index in [9.17, 15) is 14.0 Å². The summed E-state index contributed by atoms with van der Waals surface area (Å²) in [5.74, 6) is 0.495. The maximum Gasteiger partial charge on any atom is 0.355 e. The number of piperazine rings is 1. The summed E-state index contributed by atoms with van der Waals surface area (Å²) in [7, 11) is 5.36. The molecule has 43 heavy (non-hydrogen) atoms. The van der Waals surface area contributed by atoms with Crippen molar-refractivity contribution in [2.45, 2.75) is 26.5 Å². The van der Waals surface area contributed by atoms with Gasteiger partial charge in [-0.2, -0.15) is 15.0 Å². The highest BCUT2D eigenvalue weighted by Crippen LogP contribution is 2.47. The van der Waals surface area contributed by atoms with E-state index in [1.165, 1.54) is 37.3 Å². The highest BCUT2D eigenvalue weighted by molar-refractivity contribution is 7.28. The van der Waals surface area contributed by atoms with E-state index in [1.54, 1.807) is 11.0 Å². The summed E-state index contributed by atoms with van der Waals surface area (Å²) in [5.41, 5.74) is 2.88. The fourth-order valence-electron chi connectivity index (χ4n) is 5.99. The van der Waals surface area contributed by atoms with Crippen LogP contribution in [0.1, 0.15) is 18.1 Å². The fraction of sp³-hybridized carbons (Fsp3) is 0.300. The molecule has 13 heteroatoms. The second kappa shape index (κ2) is 10.9. The first kappa shape index (κ1) is 28.5. The molecule has 1 fully saturated rings. The zero-order chi connectivity index (χ0) is 30.6. The molecule has 4 aromatic rings. The number of carbonyl (C=O) groups excluding carboxylic acids is 1. The second-order valence-corrected chi connectivity index (χ2v) is 11.0. The van der Waals surface area contributed by atoms with E-state index < -0.39 is 5.69 Å². The van der Waals surface area contributed by atoms with Gasteiger partial charge in [0.25, 0.3) is 0 Å². The molecule has 2 aliphatic heterocycles. The molecule has 2 atom stereocenters. The van der Waals surface area contributed by atoms with Gasteiger partial charge in [0, 0.05) is 47.5 Å². The number of halogens is 1. The summed E-state index contributed by atoms with van der Waals surface area (Å²) < 4.78 is 33.7. The smallest absolute Gasteiger partial charge is 0.355 e. The molecule has 1 saturated heterocycles. The van der Waals surface area contributed by atoms with Gasteiger partial charge in [0.15, 0.2) is 11.4 Å². The molecule has 1 unspecified atom stereocenters. The largest absolute Gasteiger partial charge is 0.486 e. The summed E-state index contributed by atoms with van der Waals surface area (Å²) >= 11 is 0. The number of fused-ring (bicyclic) bond motifs is 5. The maximum atomic E-state index is 14.9. The van der Waals surface area contributed by atoms with E-state index in [2.05, 4.69) is 30.8 Å². The number of amides is 1. The number of hydrogen-bond donors (Lipinski definition) is 0. The Morgan fingerprint density at radius 2 is 1.91 bits per heavy atom. The van der Waals surface area contributed by atoms with Crippen LogP contribution in [0.3, 0.4) is 0 Å². The number of anilines is 1. The number of methoxy groups -OCH3 is 2. The SMILES string of the molecule is C=CC(=O)N1CCN(c2nc(=O)n(-c3c(OC)ncnc3OC)c3c4c(c(C)cc23)-c2c(ccc(F)c2P)CO4)[C@@H](C)C1. The van der Waals surface area contributed by atoms with Crippen LogP contribution in [0.2, 0.25) is 0 Å². The summed E-state index contributed by atoms with van der Waals surface area (Å²) in [6.45, 7) is 8.95. The van der Waals surface area contributed by atoms with Crippen molar-refractivity contribution >= 4 is 37.2 Å². The third-order valence-electron chi connectivity index (χ3n) is 7.96. The van der Waals surface area contributed by atoms with Crippen molar-refractivity contribution in [2.75, 3.05) is 38.8 Å². The zero-order valence-corrected chi connectivity index (χ0v) is 25.3. The summed E-state index contributed by atoms with van der Waals surface area (Å²) in [5, 5.41) is 1.02. The molecule has 0 bridgehead atoms. The van der Waals surface area contributed by atoms with Gasteiger partial charge in [-0.1, -0.05) is 12.6 Å². The van der Waals surface area contributed by atoms with Crippen LogP contribution >= 0.6 is 9.24 Å². The Kier molecular flexibility index (Phi) is 7.25. The van der Waals surface area contributed by atoms with Crippen LogP contribution < -0.4 is 30.1 Å². The van der Waals surface area contributed by atoms with E-state index in [-0.39, 0.29) is 41.8 Å². The Bertz CT molecular complexity index is 1860. The van der Waals surface area contributed by atoms with Crippen LogP contribution in [0.25, 0.3) is 27.7 Å². The van der Waals surface area contributed by atoms with Crippen molar-refractivity contribution in [1.82, 2.24) is 24.4 Å². The lowest BCUT2D eigenvalue weighted by atomic mass is 9.91. The van der Waals surface area contributed by atoms with E-state index >= 15 is 0 Å². The van der Waals surface area contributed by atoms with Crippen LogP contribution in [0, 0.1) is 12.7 Å². The molecule has 222 valence electrons. The average molecular weight is 605 g/mol. The van der Waals surface area contributed by atoms with Crippen molar-refractivity contribution in [1.29, 1.82) is 0 Å². The van der Waals surface area contributed by atoms with E-state index in [0.717, 1.165) is 11.1 Å². The Balaban J connectivity index is 1.71. The van der Waals surface area contributed by atoms with Crippen molar-refractivity contribution in [3.05, 3.63) is 64.6 Å². The average Bonchev–Trinajstić information content (AvgIpc) is 3.01. The van der Waals surface area contributed by atoms with Gasteiger partial charge in [0.1, 0.15) is 30.1 Å². The lowest BCUT2D eigenvalue weighted by Crippen LogP contribution is -2.54. The number of ether oxygens (including phenoxy) is 3. The van der Waals surface area contributed by atoms with Crippen LogP contribution in [0.15, 0.2) is 42.0 Å². The number of aryl methyl sites for hydroxylation is 1. The maximum absolute atomic E-state index is 14.9. The molecule has 0 aliphatic carbocycles. The number of rotatable bonds is 5. The lowest BCUT2D eigenvalue weighted by Gasteiger charge is -2.40. The van der Waals surface area contributed by atoms with Gasteiger partial charge in [-0.3, -0.25) is 4.79 Å². The van der Waals surface area contributed by atoms with Gasteiger partial charge in [-0.05, 0) is 43.2 Å².